The molecule has 0 bridgehead atoms. The molecule has 0 aliphatic heterocycles. The predicted octanol–water partition coefficient (Wildman–Crippen LogP) is 2.65. The molecule has 0 unspecified atom stereocenters. The molecule has 3 heteroatoms. The smallest absolute Gasteiger partial charge is 0.0600 e. The lowest BCUT2D eigenvalue weighted by molar-refractivity contribution is 0.0816. The van der Waals surface area contributed by atoms with Gasteiger partial charge in [-0.1, -0.05) is 43.7 Å². The summed E-state index contributed by atoms with van der Waals surface area (Å²) in [6.07, 6.45) is 1.96. The summed E-state index contributed by atoms with van der Waals surface area (Å²) in [5.41, 5.74) is 6.05. The van der Waals surface area contributed by atoms with Crippen LogP contribution >= 0.6 is 0 Å². The molecule has 0 radical (unpaired) electrons. The first-order chi connectivity index (χ1) is 8.62. The lowest BCUT2D eigenvalue weighted by Gasteiger charge is -2.30. The third-order valence-corrected chi connectivity index (χ3v) is 3.48. The molecule has 0 fully saturated rings. The molecule has 18 heavy (non-hydrogen) atoms. The Kier molecular flexibility index (Phi) is 6.33. The molecule has 0 saturated carbocycles. The molecule has 0 spiro atoms. The van der Waals surface area contributed by atoms with E-state index in [9.17, 15) is 5.11 Å². The number of hydrogen-bond acceptors (Lipinski definition) is 3. The van der Waals surface area contributed by atoms with Crippen molar-refractivity contribution in [1.29, 1.82) is 0 Å². The van der Waals surface area contributed by atoms with Crippen LogP contribution in [0.1, 0.15) is 43.9 Å². The maximum absolute atomic E-state index is 9.31. The average molecular weight is 250 g/mol. The molecule has 0 aliphatic rings. The number of likely N-dealkylation sites (N-methyl/N-ethyl adjacent to an activating group) is 1. The Balaban J connectivity index is 2.69. The van der Waals surface area contributed by atoms with Gasteiger partial charge in [0, 0.05) is 19.1 Å². The standard InChI is InChI=1S/C15H26N2O/c1-5-14(11-18)17(4)16-15(6-2)13-9-7-12(3)8-10-13/h7-10,14-16,18H,5-6,11H2,1-4H3/t14-,15-/m1/s1. The van der Waals surface area contributed by atoms with Crippen molar-refractivity contribution in [2.45, 2.75) is 45.7 Å². The van der Waals surface area contributed by atoms with Gasteiger partial charge in [0.05, 0.1) is 6.61 Å². The number of aliphatic hydroxyl groups is 1. The van der Waals surface area contributed by atoms with Gasteiger partial charge >= 0.3 is 0 Å². The molecule has 0 amide bonds. The zero-order chi connectivity index (χ0) is 13.5. The van der Waals surface area contributed by atoms with Crippen LogP contribution in [0.4, 0.5) is 0 Å². The van der Waals surface area contributed by atoms with Crippen molar-refractivity contribution in [1.82, 2.24) is 10.4 Å². The lowest BCUT2D eigenvalue weighted by Crippen LogP contribution is -2.45. The van der Waals surface area contributed by atoms with Crippen LogP contribution in [0.25, 0.3) is 0 Å². The van der Waals surface area contributed by atoms with Crippen molar-refractivity contribution in [2.24, 2.45) is 0 Å². The molecule has 1 aromatic rings. The van der Waals surface area contributed by atoms with Crippen molar-refractivity contribution in [2.75, 3.05) is 13.7 Å². The first-order valence-corrected chi connectivity index (χ1v) is 6.78. The van der Waals surface area contributed by atoms with Crippen molar-refractivity contribution >= 4 is 0 Å². The minimum absolute atomic E-state index is 0.171. The topological polar surface area (TPSA) is 35.5 Å². The van der Waals surface area contributed by atoms with Crippen LogP contribution in [-0.2, 0) is 0 Å². The summed E-state index contributed by atoms with van der Waals surface area (Å²) >= 11 is 0. The Labute approximate surface area is 111 Å². The SMILES string of the molecule is CC[C@H](CO)N(C)N[C@H](CC)c1ccc(C)cc1. The molecular formula is C15H26N2O. The van der Waals surface area contributed by atoms with E-state index in [-0.39, 0.29) is 12.6 Å². The quantitative estimate of drug-likeness (QED) is 0.730. The Hall–Kier alpha value is -0.900. The van der Waals surface area contributed by atoms with Gasteiger partial charge in [-0.05, 0) is 25.3 Å². The minimum Gasteiger partial charge on any atom is -0.395 e. The summed E-state index contributed by atoms with van der Waals surface area (Å²) in [7, 11) is 2.00. The summed E-state index contributed by atoms with van der Waals surface area (Å²) in [5.74, 6) is 0. The number of nitrogens with zero attached hydrogens (tertiary/aromatic N) is 1. The van der Waals surface area contributed by atoms with E-state index in [4.69, 9.17) is 0 Å². The second-order valence-electron chi connectivity index (χ2n) is 4.86. The van der Waals surface area contributed by atoms with Crippen molar-refractivity contribution in [3.05, 3.63) is 35.4 Å². The second-order valence-corrected chi connectivity index (χ2v) is 4.86. The van der Waals surface area contributed by atoms with Crippen LogP contribution in [0, 0.1) is 6.92 Å². The fourth-order valence-electron chi connectivity index (χ4n) is 2.08. The monoisotopic (exact) mass is 250 g/mol. The van der Waals surface area contributed by atoms with E-state index < -0.39 is 0 Å². The lowest BCUT2D eigenvalue weighted by atomic mass is 10.0. The van der Waals surface area contributed by atoms with Gasteiger partial charge in [-0.15, -0.1) is 0 Å². The number of benzene rings is 1. The van der Waals surface area contributed by atoms with Crippen LogP contribution in [-0.4, -0.2) is 29.8 Å². The predicted molar refractivity (Wildman–Crippen MR) is 76.3 cm³/mol. The van der Waals surface area contributed by atoms with Crippen molar-refractivity contribution < 1.29 is 5.11 Å². The Bertz CT molecular complexity index is 333. The second kappa shape index (κ2) is 7.52. The molecule has 0 aromatic heterocycles. The fraction of sp³-hybridized carbons (Fsp3) is 0.600. The highest BCUT2D eigenvalue weighted by Gasteiger charge is 2.16. The van der Waals surface area contributed by atoms with Gasteiger partial charge in [0.1, 0.15) is 0 Å². The molecular weight excluding hydrogens is 224 g/mol. The van der Waals surface area contributed by atoms with Crippen LogP contribution < -0.4 is 5.43 Å². The first-order valence-electron chi connectivity index (χ1n) is 6.78. The van der Waals surface area contributed by atoms with Gasteiger partial charge in [-0.25, -0.2) is 10.4 Å². The largest absolute Gasteiger partial charge is 0.395 e. The Morgan fingerprint density at radius 3 is 2.22 bits per heavy atom. The van der Waals surface area contributed by atoms with Crippen LogP contribution in [0.5, 0.6) is 0 Å². The van der Waals surface area contributed by atoms with Gasteiger partial charge in [0.15, 0.2) is 0 Å². The average Bonchev–Trinajstić information content (AvgIpc) is 2.38. The summed E-state index contributed by atoms with van der Waals surface area (Å²) in [5, 5.41) is 11.3. The molecule has 3 nitrogen and oxygen atoms in total. The third kappa shape index (κ3) is 4.09. The highest BCUT2D eigenvalue weighted by Crippen LogP contribution is 2.18. The van der Waals surface area contributed by atoms with Gasteiger partial charge in [-0.2, -0.15) is 0 Å². The molecule has 0 aliphatic carbocycles. The summed E-state index contributed by atoms with van der Waals surface area (Å²) in [4.78, 5) is 0. The van der Waals surface area contributed by atoms with Crippen LogP contribution in [0.15, 0.2) is 24.3 Å². The van der Waals surface area contributed by atoms with Gasteiger partial charge in [-0.3, -0.25) is 0 Å². The number of hydrazine groups is 1. The molecule has 0 heterocycles. The number of rotatable bonds is 7. The molecule has 102 valence electrons. The summed E-state index contributed by atoms with van der Waals surface area (Å²) in [6.45, 7) is 6.55. The highest BCUT2D eigenvalue weighted by molar-refractivity contribution is 5.23. The number of hydrogen-bond donors (Lipinski definition) is 2. The molecule has 1 aromatic carbocycles. The van der Waals surface area contributed by atoms with Crippen LogP contribution in [0.3, 0.4) is 0 Å². The zero-order valence-corrected chi connectivity index (χ0v) is 12.0. The minimum atomic E-state index is 0.171. The van der Waals surface area contributed by atoms with E-state index in [0.717, 1.165) is 12.8 Å². The molecule has 2 atom stereocenters. The Morgan fingerprint density at radius 2 is 1.78 bits per heavy atom. The maximum Gasteiger partial charge on any atom is 0.0600 e. The Morgan fingerprint density at radius 1 is 1.17 bits per heavy atom. The summed E-state index contributed by atoms with van der Waals surface area (Å²) < 4.78 is 0. The van der Waals surface area contributed by atoms with E-state index in [1.165, 1.54) is 11.1 Å². The highest BCUT2D eigenvalue weighted by atomic mass is 16.3. The maximum atomic E-state index is 9.31. The molecule has 1 rings (SSSR count). The molecule has 0 saturated heterocycles. The van der Waals surface area contributed by atoms with Crippen molar-refractivity contribution in [3.63, 3.8) is 0 Å². The van der Waals surface area contributed by atoms with E-state index in [1.807, 2.05) is 12.1 Å². The van der Waals surface area contributed by atoms with E-state index >= 15 is 0 Å². The van der Waals surface area contributed by atoms with Gasteiger partial charge < -0.3 is 5.11 Å². The zero-order valence-electron chi connectivity index (χ0n) is 12.0. The van der Waals surface area contributed by atoms with Crippen molar-refractivity contribution in [3.8, 4) is 0 Å². The van der Waals surface area contributed by atoms with E-state index in [1.54, 1.807) is 0 Å². The normalized spacial score (nSPS) is 14.8. The van der Waals surface area contributed by atoms with E-state index in [0.29, 0.717) is 6.04 Å². The van der Waals surface area contributed by atoms with Gasteiger partial charge in [0.25, 0.3) is 0 Å². The van der Waals surface area contributed by atoms with Gasteiger partial charge in [0.2, 0.25) is 0 Å². The molecule has 2 N–H and O–H groups in total. The number of aliphatic hydroxyl groups excluding tert-OH is 1. The number of nitrogens with one attached hydrogen (secondary N) is 1. The number of aryl methyl sites for hydroxylation is 1. The fourth-order valence-corrected chi connectivity index (χ4v) is 2.08. The first kappa shape index (κ1) is 15.2. The van der Waals surface area contributed by atoms with Crippen LogP contribution in [0.2, 0.25) is 0 Å². The third-order valence-electron chi connectivity index (χ3n) is 3.48. The summed E-state index contributed by atoms with van der Waals surface area (Å²) in [6, 6.07) is 9.10. The van der Waals surface area contributed by atoms with E-state index in [2.05, 4.69) is 50.5 Å².